The van der Waals surface area contributed by atoms with Crippen LogP contribution in [0.2, 0.25) is 0 Å². The maximum Gasteiger partial charge on any atom is 0.137 e. The molecule has 0 radical (unpaired) electrons. The first-order valence-corrected chi connectivity index (χ1v) is 7.63. The van der Waals surface area contributed by atoms with Crippen molar-refractivity contribution in [1.29, 1.82) is 0 Å². The van der Waals surface area contributed by atoms with Crippen molar-refractivity contribution in [2.45, 2.75) is 44.6 Å². The summed E-state index contributed by atoms with van der Waals surface area (Å²) >= 11 is 3.24. The lowest BCUT2D eigenvalue weighted by atomic mass is 9.97. The van der Waals surface area contributed by atoms with Crippen LogP contribution in [0.3, 0.4) is 0 Å². The van der Waals surface area contributed by atoms with E-state index in [1.165, 1.54) is 31.4 Å². The summed E-state index contributed by atoms with van der Waals surface area (Å²) < 4.78 is 13.9. The van der Waals surface area contributed by atoms with Gasteiger partial charge < -0.3 is 5.32 Å². The van der Waals surface area contributed by atoms with Crippen LogP contribution in [0.1, 0.15) is 37.7 Å². The first kappa shape index (κ1) is 14.7. The van der Waals surface area contributed by atoms with E-state index in [4.69, 9.17) is 0 Å². The van der Waals surface area contributed by atoms with Gasteiger partial charge in [0.25, 0.3) is 0 Å². The number of piperidine rings is 1. The van der Waals surface area contributed by atoms with E-state index in [0.29, 0.717) is 23.4 Å². The molecule has 1 unspecified atom stereocenters. The topological polar surface area (TPSA) is 29.1 Å². The Morgan fingerprint density at radius 2 is 2.21 bits per heavy atom. The minimum absolute atomic E-state index is 0.185. The van der Waals surface area contributed by atoms with E-state index in [-0.39, 0.29) is 11.6 Å². The Kier molecular flexibility index (Phi) is 5.52. The maximum absolute atomic E-state index is 13.2. The first-order valence-electron chi connectivity index (χ1n) is 6.83. The monoisotopic (exact) mass is 327 g/mol. The fraction of sp³-hybridized carbons (Fsp3) is 0.533. The van der Waals surface area contributed by atoms with Gasteiger partial charge >= 0.3 is 0 Å². The van der Waals surface area contributed by atoms with E-state index in [9.17, 15) is 9.18 Å². The molecule has 1 fully saturated rings. The Labute approximate surface area is 121 Å². The molecule has 0 aromatic heterocycles. The summed E-state index contributed by atoms with van der Waals surface area (Å²) in [5.41, 5.74) is 0.744. The van der Waals surface area contributed by atoms with Crippen LogP contribution < -0.4 is 5.32 Å². The average molecular weight is 328 g/mol. The highest BCUT2D eigenvalue weighted by Crippen LogP contribution is 2.17. The second kappa shape index (κ2) is 7.15. The summed E-state index contributed by atoms with van der Waals surface area (Å²) in [5, 5.41) is 3.44. The van der Waals surface area contributed by atoms with Crippen molar-refractivity contribution in [3.8, 4) is 0 Å². The van der Waals surface area contributed by atoms with Gasteiger partial charge in [0.2, 0.25) is 0 Å². The van der Waals surface area contributed by atoms with Gasteiger partial charge in [-0.2, -0.15) is 0 Å². The van der Waals surface area contributed by atoms with Crippen molar-refractivity contribution in [3.05, 3.63) is 34.1 Å². The van der Waals surface area contributed by atoms with Crippen molar-refractivity contribution in [2.24, 2.45) is 0 Å². The van der Waals surface area contributed by atoms with Crippen molar-refractivity contribution in [1.82, 2.24) is 5.32 Å². The maximum atomic E-state index is 13.2. The quantitative estimate of drug-likeness (QED) is 0.894. The number of rotatable bonds is 5. The molecule has 2 nitrogen and oxygen atoms in total. The molecule has 1 aliphatic rings. The molecule has 1 N–H and O–H groups in total. The largest absolute Gasteiger partial charge is 0.314 e. The Bertz CT molecular complexity index is 424. The molecule has 0 aliphatic carbocycles. The van der Waals surface area contributed by atoms with Gasteiger partial charge in [-0.3, -0.25) is 4.79 Å². The van der Waals surface area contributed by atoms with Crippen LogP contribution in [0, 0.1) is 5.82 Å². The van der Waals surface area contributed by atoms with Gasteiger partial charge in [0.15, 0.2) is 0 Å². The molecule has 4 heteroatoms. The highest BCUT2D eigenvalue weighted by Gasteiger charge is 2.14. The third-order valence-electron chi connectivity index (χ3n) is 3.51. The average Bonchev–Trinajstić information content (AvgIpc) is 2.36. The summed E-state index contributed by atoms with van der Waals surface area (Å²) in [6.45, 7) is 1.07. The smallest absolute Gasteiger partial charge is 0.137 e. The molecule has 0 saturated carbocycles. The second-order valence-corrected chi connectivity index (χ2v) is 6.09. The van der Waals surface area contributed by atoms with Gasteiger partial charge in [-0.05, 0) is 49.6 Å². The van der Waals surface area contributed by atoms with Crippen molar-refractivity contribution >= 4 is 21.7 Å². The van der Waals surface area contributed by atoms with Gasteiger partial charge in [0.05, 0.1) is 0 Å². The van der Waals surface area contributed by atoms with Crippen LogP contribution in [-0.2, 0) is 11.2 Å². The summed E-state index contributed by atoms with van der Waals surface area (Å²) in [7, 11) is 0. The minimum Gasteiger partial charge on any atom is -0.314 e. The first-order chi connectivity index (χ1) is 9.13. The summed E-state index contributed by atoms with van der Waals surface area (Å²) in [4.78, 5) is 11.9. The third-order valence-corrected chi connectivity index (χ3v) is 3.97. The zero-order valence-corrected chi connectivity index (χ0v) is 12.5. The number of hydrogen-bond acceptors (Lipinski definition) is 2. The van der Waals surface area contributed by atoms with Gasteiger partial charge in [0.1, 0.15) is 11.6 Å². The second-order valence-electron chi connectivity index (χ2n) is 5.18. The fourth-order valence-electron chi connectivity index (χ4n) is 2.53. The number of carbonyl (C=O) groups excluding carboxylic acids is 1. The number of benzene rings is 1. The molecule has 1 aromatic carbocycles. The van der Waals surface area contributed by atoms with Crippen LogP contribution in [-0.4, -0.2) is 18.4 Å². The molecule has 0 amide bonds. The molecule has 104 valence electrons. The van der Waals surface area contributed by atoms with Gasteiger partial charge in [0, 0.05) is 23.4 Å². The Morgan fingerprint density at radius 1 is 1.37 bits per heavy atom. The van der Waals surface area contributed by atoms with E-state index in [1.54, 1.807) is 6.07 Å². The van der Waals surface area contributed by atoms with Crippen LogP contribution >= 0.6 is 15.9 Å². The van der Waals surface area contributed by atoms with E-state index < -0.39 is 0 Å². The Morgan fingerprint density at radius 3 is 2.89 bits per heavy atom. The SMILES string of the molecule is O=C(CCC1CCCCN1)Cc1cc(F)cc(Br)c1. The van der Waals surface area contributed by atoms with E-state index in [1.807, 2.05) is 0 Å². The fourth-order valence-corrected chi connectivity index (χ4v) is 3.05. The van der Waals surface area contributed by atoms with Crippen molar-refractivity contribution < 1.29 is 9.18 Å². The lowest BCUT2D eigenvalue weighted by Crippen LogP contribution is -2.34. The van der Waals surface area contributed by atoms with E-state index in [0.717, 1.165) is 18.5 Å². The van der Waals surface area contributed by atoms with Crippen molar-refractivity contribution in [2.75, 3.05) is 6.54 Å². The van der Waals surface area contributed by atoms with Crippen molar-refractivity contribution in [3.63, 3.8) is 0 Å². The van der Waals surface area contributed by atoms with E-state index in [2.05, 4.69) is 21.2 Å². The van der Waals surface area contributed by atoms with Crippen LogP contribution in [0.4, 0.5) is 4.39 Å². The normalized spacial score (nSPS) is 19.4. The molecule has 1 aromatic rings. The molecule has 1 saturated heterocycles. The number of hydrogen-bond donors (Lipinski definition) is 1. The number of Topliss-reactive ketones (excluding diaryl/α,β-unsaturated/α-hetero) is 1. The Balaban J connectivity index is 1.80. The molecule has 1 heterocycles. The molecule has 1 aliphatic heterocycles. The molecule has 0 spiro atoms. The van der Waals surface area contributed by atoms with Crippen LogP contribution in [0.25, 0.3) is 0 Å². The summed E-state index contributed by atoms with van der Waals surface area (Å²) in [5.74, 6) is -0.115. The predicted octanol–water partition coefficient (Wildman–Crippen LogP) is 3.62. The lowest BCUT2D eigenvalue weighted by Gasteiger charge is -2.22. The minimum atomic E-state index is -0.300. The molecule has 0 bridgehead atoms. The van der Waals surface area contributed by atoms with E-state index >= 15 is 0 Å². The molecule has 1 atom stereocenters. The molecule has 2 rings (SSSR count). The highest BCUT2D eigenvalue weighted by molar-refractivity contribution is 9.10. The lowest BCUT2D eigenvalue weighted by molar-refractivity contribution is -0.118. The highest BCUT2D eigenvalue weighted by atomic mass is 79.9. The summed E-state index contributed by atoms with van der Waals surface area (Å²) in [6.07, 6.45) is 5.45. The number of halogens is 2. The van der Waals surface area contributed by atoms with Gasteiger partial charge in [-0.15, -0.1) is 0 Å². The zero-order chi connectivity index (χ0) is 13.7. The molecular weight excluding hydrogens is 309 g/mol. The van der Waals surface area contributed by atoms with Gasteiger partial charge in [-0.25, -0.2) is 4.39 Å². The predicted molar refractivity (Wildman–Crippen MR) is 77.7 cm³/mol. The molecular formula is C15H19BrFNO. The standard InChI is InChI=1S/C15H19BrFNO/c16-12-7-11(8-13(17)10-12)9-15(19)5-4-14-3-1-2-6-18-14/h7-8,10,14,18H,1-6,9H2. The van der Waals surface area contributed by atoms with Crippen LogP contribution in [0.5, 0.6) is 0 Å². The zero-order valence-electron chi connectivity index (χ0n) is 10.9. The van der Waals surface area contributed by atoms with Gasteiger partial charge in [-0.1, -0.05) is 22.4 Å². The molecule has 19 heavy (non-hydrogen) atoms. The summed E-state index contributed by atoms with van der Waals surface area (Å²) in [6, 6.07) is 5.12. The number of carbonyl (C=O) groups is 1. The third kappa shape index (κ3) is 5.03. The Hall–Kier alpha value is -0.740. The number of ketones is 1. The number of nitrogens with one attached hydrogen (secondary N) is 1. The van der Waals surface area contributed by atoms with Crippen LogP contribution in [0.15, 0.2) is 22.7 Å².